The van der Waals surface area contributed by atoms with Crippen LogP contribution in [0.15, 0.2) is 11.8 Å². The highest BCUT2D eigenvalue weighted by atomic mass is 19.1. The number of likely N-dealkylation sites (N-methyl/N-ethyl adjacent to an activating group) is 1. The van der Waals surface area contributed by atoms with E-state index < -0.39 is 19.1 Å². The standard InChI is InChI=1S/C6H10F2N2O/c1-10-6(11,4-8)2-5(3-7)9-10/h2,9,11H,3-4H2,1H3. The average Bonchev–Trinajstić information content (AvgIpc) is 2.29. The Labute approximate surface area is 63.3 Å². The molecule has 2 N–H and O–H groups in total. The van der Waals surface area contributed by atoms with Crippen LogP contribution in [0.3, 0.4) is 0 Å². The largest absolute Gasteiger partial charge is 0.368 e. The summed E-state index contributed by atoms with van der Waals surface area (Å²) in [7, 11) is 1.44. The number of hydrogen-bond acceptors (Lipinski definition) is 3. The molecule has 0 saturated carbocycles. The maximum absolute atomic E-state index is 12.1. The van der Waals surface area contributed by atoms with Crippen LogP contribution in [0.25, 0.3) is 0 Å². The minimum Gasteiger partial charge on any atom is -0.368 e. The molecule has 3 nitrogen and oxygen atoms in total. The monoisotopic (exact) mass is 164 g/mol. The second-order valence-corrected chi connectivity index (χ2v) is 2.49. The normalized spacial score (nSPS) is 31.8. The molecule has 1 rings (SSSR count). The van der Waals surface area contributed by atoms with E-state index in [1.54, 1.807) is 0 Å². The van der Waals surface area contributed by atoms with Crippen LogP contribution in [-0.2, 0) is 0 Å². The third-order valence-corrected chi connectivity index (χ3v) is 1.64. The lowest BCUT2D eigenvalue weighted by Crippen LogP contribution is -2.47. The van der Waals surface area contributed by atoms with E-state index in [0.717, 1.165) is 11.1 Å². The van der Waals surface area contributed by atoms with Gasteiger partial charge in [-0.1, -0.05) is 0 Å². The molecule has 64 valence electrons. The van der Waals surface area contributed by atoms with Crippen molar-refractivity contribution in [3.63, 3.8) is 0 Å². The number of halogens is 2. The molecule has 0 bridgehead atoms. The molecule has 5 heteroatoms. The number of nitrogens with zero attached hydrogens (tertiary/aromatic N) is 1. The van der Waals surface area contributed by atoms with Gasteiger partial charge in [0.25, 0.3) is 0 Å². The third kappa shape index (κ3) is 1.34. The van der Waals surface area contributed by atoms with Crippen molar-refractivity contribution in [3.8, 4) is 0 Å². The molecule has 0 aliphatic carbocycles. The van der Waals surface area contributed by atoms with Crippen LogP contribution >= 0.6 is 0 Å². The van der Waals surface area contributed by atoms with Gasteiger partial charge in [-0.2, -0.15) is 5.01 Å². The topological polar surface area (TPSA) is 35.5 Å². The summed E-state index contributed by atoms with van der Waals surface area (Å²) >= 11 is 0. The number of allylic oxidation sites excluding steroid dienone is 1. The van der Waals surface area contributed by atoms with Gasteiger partial charge in [-0.3, -0.25) is 0 Å². The van der Waals surface area contributed by atoms with Gasteiger partial charge in [-0.05, 0) is 6.08 Å². The van der Waals surface area contributed by atoms with E-state index in [4.69, 9.17) is 0 Å². The van der Waals surface area contributed by atoms with E-state index >= 15 is 0 Å². The molecule has 1 unspecified atom stereocenters. The summed E-state index contributed by atoms with van der Waals surface area (Å²) < 4.78 is 24.1. The molecule has 1 aliphatic rings. The fraction of sp³-hybridized carbons (Fsp3) is 0.667. The Kier molecular flexibility index (Phi) is 2.10. The summed E-state index contributed by atoms with van der Waals surface area (Å²) in [5, 5.41) is 10.4. The van der Waals surface area contributed by atoms with E-state index in [1.807, 2.05) is 0 Å². The Hall–Kier alpha value is -0.680. The summed E-state index contributed by atoms with van der Waals surface area (Å²) in [6.07, 6.45) is 1.13. The van der Waals surface area contributed by atoms with Gasteiger partial charge in [0.15, 0.2) is 5.72 Å². The molecule has 0 radical (unpaired) electrons. The van der Waals surface area contributed by atoms with Crippen molar-refractivity contribution in [3.05, 3.63) is 11.8 Å². The Morgan fingerprint density at radius 3 is 2.64 bits per heavy atom. The number of alkyl halides is 2. The van der Waals surface area contributed by atoms with Crippen molar-refractivity contribution in [2.45, 2.75) is 5.72 Å². The molecule has 0 spiro atoms. The van der Waals surface area contributed by atoms with E-state index in [1.165, 1.54) is 7.05 Å². The van der Waals surface area contributed by atoms with E-state index in [2.05, 4.69) is 5.43 Å². The highest BCUT2D eigenvalue weighted by molar-refractivity contribution is 5.14. The van der Waals surface area contributed by atoms with Crippen LogP contribution in [0.4, 0.5) is 8.78 Å². The van der Waals surface area contributed by atoms with Crippen molar-refractivity contribution in [2.75, 3.05) is 20.4 Å². The van der Waals surface area contributed by atoms with Crippen molar-refractivity contribution in [1.29, 1.82) is 0 Å². The zero-order valence-corrected chi connectivity index (χ0v) is 6.14. The fourth-order valence-electron chi connectivity index (χ4n) is 0.917. The minimum atomic E-state index is -1.68. The fourth-order valence-corrected chi connectivity index (χ4v) is 0.917. The first kappa shape index (κ1) is 8.42. The summed E-state index contributed by atoms with van der Waals surface area (Å²) in [5.74, 6) is 0. The van der Waals surface area contributed by atoms with Gasteiger partial charge in [-0.15, -0.1) is 0 Å². The smallest absolute Gasteiger partial charge is 0.184 e. The molecule has 1 aliphatic heterocycles. The molecule has 0 aromatic rings. The van der Waals surface area contributed by atoms with Crippen molar-refractivity contribution in [2.24, 2.45) is 0 Å². The molecule has 1 heterocycles. The number of hydrogen-bond donors (Lipinski definition) is 2. The maximum atomic E-state index is 12.1. The average molecular weight is 164 g/mol. The van der Waals surface area contributed by atoms with Crippen molar-refractivity contribution >= 4 is 0 Å². The molecule has 0 saturated heterocycles. The van der Waals surface area contributed by atoms with E-state index in [9.17, 15) is 13.9 Å². The van der Waals surface area contributed by atoms with Crippen molar-refractivity contribution < 1.29 is 13.9 Å². The SMILES string of the molecule is CN1NC(CF)=CC1(O)CF. The molecule has 0 amide bonds. The predicted octanol–water partition coefficient (Wildman–Crippen LogP) is -0.0521. The summed E-state index contributed by atoms with van der Waals surface area (Å²) in [6.45, 7) is -1.69. The summed E-state index contributed by atoms with van der Waals surface area (Å²) in [6, 6.07) is 0. The second kappa shape index (κ2) is 2.75. The predicted molar refractivity (Wildman–Crippen MR) is 35.9 cm³/mol. The van der Waals surface area contributed by atoms with Gasteiger partial charge < -0.3 is 10.5 Å². The molecule has 0 aromatic heterocycles. The summed E-state index contributed by atoms with van der Waals surface area (Å²) in [4.78, 5) is 0. The molecule has 11 heavy (non-hydrogen) atoms. The Morgan fingerprint density at radius 1 is 1.73 bits per heavy atom. The second-order valence-electron chi connectivity index (χ2n) is 2.49. The first-order chi connectivity index (χ1) is 5.12. The zero-order chi connectivity index (χ0) is 8.48. The van der Waals surface area contributed by atoms with Gasteiger partial charge in [-0.25, -0.2) is 8.78 Å². The van der Waals surface area contributed by atoms with Gasteiger partial charge in [0.2, 0.25) is 0 Å². The van der Waals surface area contributed by atoms with Crippen LogP contribution < -0.4 is 5.43 Å². The number of nitrogens with one attached hydrogen (secondary N) is 1. The zero-order valence-electron chi connectivity index (χ0n) is 6.14. The first-order valence-electron chi connectivity index (χ1n) is 3.19. The van der Waals surface area contributed by atoms with Crippen LogP contribution in [0.5, 0.6) is 0 Å². The first-order valence-corrected chi connectivity index (χ1v) is 3.19. The Balaban J connectivity index is 2.74. The quantitative estimate of drug-likeness (QED) is 0.600. The minimum absolute atomic E-state index is 0.188. The Bertz CT molecular complexity index is 185. The molecular weight excluding hydrogens is 154 g/mol. The molecule has 1 atom stereocenters. The van der Waals surface area contributed by atoms with Crippen molar-refractivity contribution in [1.82, 2.24) is 10.4 Å². The van der Waals surface area contributed by atoms with Crippen LogP contribution in [0, 0.1) is 0 Å². The van der Waals surface area contributed by atoms with Crippen LogP contribution in [0.1, 0.15) is 0 Å². The van der Waals surface area contributed by atoms with Gasteiger partial charge in [0.1, 0.15) is 13.3 Å². The molecule has 0 aromatic carbocycles. The van der Waals surface area contributed by atoms with Crippen LogP contribution in [0.2, 0.25) is 0 Å². The third-order valence-electron chi connectivity index (χ3n) is 1.64. The maximum Gasteiger partial charge on any atom is 0.184 e. The highest BCUT2D eigenvalue weighted by Crippen LogP contribution is 2.19. The number of hydrazine groups is 1. The van der Waals surface area contributed by atoms with Gasteiger partial charge >= 0.3 is 0 Å². The lowest BCUT2D eigenvalue weighted by Gasteiger charge is -2.25. The summed E-state index contributed by atoms with van der Waals surface area (Å²) in [5.41, 5.74) is 0.983. The van der Waals surface area contributed by atoms with Gasteiger partial charge in [0, 0.05) is 7.05 Å². The lowest BCUT2D eigenvalue weighted by atomic mass is 10.2. The van der Waals surface area contributed by atoms with Gasteiger partial charge in [0.05, 0.1) is 5.70 Å². The van der Waals surface area contributed by atoms with E-state index in [0.29, 0.717) is 0 Å². The lowest BCUT2D eigenvalue weighted by molar-refractivity contribution is -0.0749. The Morgan fingerprint density at radius 2 is 2.36 bits per heavy atom. The van der Waals surface area contributed by atoms with Crippen LogP contribution in [-0.4, -0.2) is 36.2 Å². The number of rotatable bonds is 2. The molecular formula is C6H10F2N2O. The highest BCUT2D eigenvalue weighted by Gasteiger charge is 2.35. The van der Waals surface area contributed by atoms with E-state index in [-0.39, 0.29) is 5.70 Å². The molecule has 0 fully saturated rings. The number of aliphatic hydroxyl groups is 1.